The van der Waals surface area contributed by atoms with Crippen LogP contribution < -0.4 is 15.1 Å². The van der Waals surface area contributed by atoms with E-state index in [4.69, 9.17) is 4.98 Å². The van der Waals surface area contributed by atoms with Gasteiger partial charge in [-0.05, 0) is 62.6 Å². The molecule has 0 saturated carbocycles. The molecule has 2 aromatic carbocycles. The number of hydrogen-bond donors (Lipinski definition) is 1. The minimum Gasteiger partial charge on any atom is -0.372 e. The largest absolute Gasteiger partial charge is 0.372 e. The number of aromatic nitrogens is 2. The average molecular weight is 374 g/mol. The Morgan fingerprint density at radius 3 is 2.32 bits per heavy atom. The van der Waals surface area contributed by atoms with Gasteiger partial charge in [-0.15, -0.1) is 0 Å². The molecule has 1 aliphatic rings. The Bertz CT molecular complexity index is 902. The molecule has 1 saturated heterocycles. The van der Waals surface area contributed by atoms with E-state index in [9.17, 15) is 0 Å². The molecule has 1 aliphatic heterocycles. The molecule has 5 heteroatoms. The van der Waals surface area contributed by atoms with Crippen LogP contribution in [0, 0.1) is 6.92 Å². The zero-order valence-corrected chi connectivity index (χ0v) is 16.6. The lowest BCUT2D eigenvalue weighted by molar-refractivity contribution is 0.578. The van der Waals surface area contributed by atoms with Crippen LogP contribution in [0.15, 0.2) is 60.7 Å². The third-order valence-corrected chi connectivity index (χ3v) is 5.15. The number of anilines is 5. The summed E-state index contributed by atoms with van der Waals surface area (Å²) in [5, 5.41) is 3.43. The van der Waals surface area contributed by atoms with Gasteiger partial charge in [-0.3, -0.25) is 0 Å². The van der Waals surface area contributed by atoms with E-state index in [1.807, 2.05) is 43.1 Å². The molecular formula is C23H27N5. The molecule has 1 aromatic heterocycles. The zero-order chi connectivity index (χ0) is 19.3. The van der Waals surface area contributed by atoms with Crippen molar-refractivity contribution in [1.29, 1.82) is 0 Å². The number of nitrogens with zero attached hydrogens (tertiary/aromatic N) is 4. The third kappa shape index (κ3) is 4.25. The Labute approximate surface area is 167 Å². The van der Waals surface area contributed by atoms with Gasteiger partial charge in [0.15, 0.2) is 0 Å². The number of piperidine rings is 1. The Balaban J connectivity index is 1.51. The first-order valence-electron chi connectivity index (χ1n) is 9.95. The van der Waals surface area contributed by atoms with Crippen LogP contribution in [-0.2, 0) is 0 Å². The van der Waals surface area contributed by atoms with E-state index < -0.39 is 0 Å². The van der Waals surface area contributed by atoms with E-state index in [0.29, 0.717) is 5.95 Å². The lowest BCUT2D eigenvalue weighted by atomic mass is 10.1. The Hall–Kier alpha value is -3.08. The normalized spacial score (nSPS) is 14.0. The molecule has 1 N–H and O–H groups in total. The maximum absolute atomic E-state index is 4.71. The van der Waals surface area contributed by atoms with Crippen LogP contribution in [0.2, 0.25) is 0 Å². The van der Waals surface area contributed by atoms with Gasteiger partial charge in [-0.2, -0.15) is 4.98 Å². The van der Waals surface area contributed by atoms with Crippen molar-refractivity contribution in [1.82, 2.24) is 9.97 Å². The van der Waals surface area contributed by atoms with Crippen LogP contribution in [0.25, 0.3) is 0 Å². The second kappa shape index (κ2) is 8.30. The molecule has 0 spiro atoms. The van der Waals surface area contributed by atoms with Crippen molar-refractivity contribution in [2.75, 3.05) is 35.3 Å². The summed E-state index contributed by atoms with van der Waals surface area (Å²) in [7, 11) is 1.99. The van der Waals surface area contributed by atoms with Gasteiger partial charge in [-0.1, -0.05) is 18.2 Å². The smallest absolute Gasteiger partial charge is 0.231 e. The van der Waals surface area contributed by atoms with Gasteiger partial charge in [0.05, 0.1) is 0 Å². The highest BCUT2D eigenvalue weighted by Gasteiger charge is 2.12. The maximum atomic E-state index is 4.71. The van der Waals surface area contributed by atoms with Crippen LogP contribution in [-0.4, -0.2) is 30.1 Å². The van der Waals surface area contributed by atoms with Crippen molar-refractivity contribution >= 4 is 28.8 Å². The van der Waals surface area contributed by atoms with Crippen molar-refractivity contribution in [3.05, 3.63) is 66.4 Å². The quantitative estimate of drug-likeness (QED) is 0.658. The molecule has 0 bridgehead atoms. The van der Waals surface area contributed by atoms with E-state index in [1.165, 1.54) is 24.9 Å². The Morgan fingerprint density at radius 2 is 1.61 bits per heavy atom. The predicted octanol–water partition coefficient (Wildman–Crippen LogP) is 5.29. The second-order valence-corrected chi connectivity index (χ2v) is 7.31. The molecule has 144 valence electrons. The fourth-order valence-electron chi connectivity index (χ4n) is 3.59. The van der Waals surface area contributed by atoms with Crippen LogP contribution in [0.1, 0.15) is 25.0 Å². The molecule has 0 amide bonds. The van der Waals surface area contributed by atoms with Crippen LogP contribution >= 0.6 is 0 Å². The van der Waals surface area contributed by atoms with Gasteiger partial charge in [0.2, 0.25) is 5.95 Å². The molecule has 0 aliphatic carbocycles. The highest BCUT2D eigenvalue weighted by Crippen LogP contribution is 2.25. The first kappa shape index (κ1) is 18.3. The van der Waals surface area contributed by atoms with Gasteiger partial charge in [0.1, 0.15) is 5.82 Å². The van der Waals surface area contributed by atoms with Crippen molar-refractivity contribution < 1.29 is 0 Å². The fraction of sp³-hybridized carbons (Fsp3) is 0.304. The minimum absolute atomic E-state index is 0.679. The molecule has 0 atom stereocenters. The molecule has 3 aromatic rings. The van der Waals surface area contributed by atoms with Gasteiger partial charge < -0.3 is 15.1 Å². The summed E-state index contributed by atoms with van der Waals surface area (Å²) >= 11 is 0. The van der Waals surface area contributed by atoms with Crippen molar-refractivity contribution in [3.8, 4) is 0 Å². The first-order valence-corrected chi connectivity index (χ1v) is 9.95. The number of rotatable bonds is 5. The van der Waals surface area contributed by atoms with Crippen molar-refractivity contribution in [2.45, 2.75) is 26.2 Å². The zero-order valence-electron chi connectivity index (χ0n) is 16.6. The number of nitrogens with one attached hydrogen (secondary N) is 1. The van der Waals surface area contributed by atoms with E-state index in [-0.39, 0.29) is 0 Å². The topological polar surface area (TPSA) is 44.3 Å². The van der Waals surface area contributed by atoms with Crippen molar-refractivity contribution in [3.63, 3.8) is 0 Å². The summed E-state index contributed by atoms with van der Waals surface area (Å²) in [4.78, 5) is 13.8. The molecule has 28 heavy (non-hydrogen) atoms. The number of hydrogen-bond acceptors (Lipinski definition) is 5. The summed E-state index contributed by atoms with van der Waals surface area (Å²) < 4.78 is 0. The summed E-state index contributed by atoms with van der Waals surface area (Å²) in [5.74, 6) is 1.48. The first-order chi connectivity index (χ1) is 13.7. The highest BCUT2D eigenvalue weighted by molar-refractivity contribution is 5.63. The standard InChI is InChI=1S/C23H27N5/c1-18-17-22(26-23(24-18)27(2)20-9-5-3-6-10-20)25-19-11-13-21(14-12-19)28-15-7-4-8-16-28/h3,5-6,9-14,17H,4,7-8,15-16H2,1-2H3,(H,24,25,26). The maximum Gasteiger partial charge on any atom is 0.231 e. The minimum atomic E-state index is 0.679. The van der Waals surface area contributed by atoms with E-state index >= 15 is 0 Å². The number of para-hydroxylation sites is 1. The molecule has 4 rings (SSSR count). The SMILES string of the molecule is Cc1cc(Nc2ccc(N3CCCCC3)cc2)nc(N(C)c2ccccc2)n1. The van der Waals surface area contributed by atoms with E-state index in [1.54, 1.807) is 0 Å². The van der Waals surface area contributed by atoms with Gasteiger partial charge in [0.25, 0.3) is 0 Å². The summed E-state index contributed by atoms with van der Waals surface area (Å²) in [6.45, 7) is 4.31. The second-order valence-electron chi connectivity index (χ2n) is 7.31. The lowest BCUT2D eigenvalue weighted by Gasteiger charge is -2.28. The van der Waals surface area contributed by atoms with Crippen LogP contribution in [0.5, 0.6) is 0 Å². The summed E-state index contributed by atoms with van der Waals surface area (Å²) in [6.07, 6.45) is 3.93. The highest BCUT2D eigenvalue weighted by atomic mass is 15.3. The number of aryl methyl sites for hydroxylation is 1. The van der Waals surface area contributed by atoms with Gasteiger partial charge in [0, 0.05) is 49.0 Å². The van der Waals surface area contributed by atoms with Crippen molar-refractivity contribution in [2.24, 2.45) is 0 Å². The van der Waals surface area contributed by atoms with Gasteiger partial charge in [-0.25, -0.2) is 4.98 Å². The molecule has 1 fully saturated rings. The predicted molar refractivity (Wildman–Crippen MR) is 117 cm³/mol. The molecular weight excluding hydrogens is 346 g/mol. The summed E-state index contributed by atoms with van der Waals surface area (Å²) in [6, 6.07) is 20.8. The lowest BCUT2D eigenvalue weighted by Crippen LogP contribution is -2.29. The van der Waals surface area contributed by atoms with Crippen LogP contribution in [0.3, 0.4) is 0 Å². The van der Waals surface area contributed by atoms with Gasteiger partial charge >= 0.3 is 0 Å². The molecule has 0 unspecified atom stereocenters. The monoisotopic (exact) mass is 373 g/mol. The Morgan fingerprint density at radius 1 is 0.893 bits per heavy atom. The summed E-state index contributed by atoms with van der Waals surface area (Å²) in [5.41, 5.74) is 4.32. The third-order valence-electron chi connectivity index (χ3n) is 5.15. The van der Waals surface area contributed by atoms with Crippen LogP contribution in [0.4, 0.5) is 28.8 Å². The molecule has 2 heterocycles. The molecule has 0 radical (unpaired) electrons. The fourth-order valence-corrected chi connectivity index (χ4v) is 3.59. The van der Waals surface area contributed by atoms with E-state index in [0.717, 1.165) is 36.0 Å². The number of benzene rings is 2. The Kier molecular flexibility index (Phi) is 5.42. The van der Waals surface area contributed by atoms with E-state index in [2.05, 4.69) is 51.6 Å². The molecule has 5 nitrogen and oxygen atoms in total. The average Bonchev–Trinajstić information content (AvgIpc) is 2.74.